The molecule has 1 aliphatic rings. The zero-order valence-electron chi connectivity index (χ0n) is 15.6. The molecule has 0 fully saturated rings. The standard InChI is InChI=1S/C23H22N4O/c1-3-8-18(9-4-1)16-21-24-22(28-25-21)17-27-15-14-26-13-7-12-20(26)23(27)19-10-5-2-6-11-19/h1-13,23H,14-17H2. The smallest absolute Gasteiger partial charge is 0.240 e. The molecule has 0 bridgehead atoms. The molecule has 3 heterocycles. The first-order valence-electron chi connectivity index (χ1n) is 9.66. The van der Waals surface area contributed by atoms with Gasteiger partial charge >= 0.3 is 0 Å². The number of benzene rings is 2. The van der Waals surface area contributed by atoms with E-state index in [9.17, 15) is 0 Å². The summed E-state index contributed by atoms with van der Waals surface area (Å²) in [5, 5.41) is 4.19. The molecule has 0 saturated carbocycles. The fourth-order valence-electron chi connectivity index (χ4n) is 4.00. The molecule has 2 aromatic heterocycles. The van der Waals surface area contributed by atoms with E-state index in [1.807, 2.05) is 18.2 Å². The molecule has 5 rings (SSSR count). The van der Waals surface area contributed by atoms with Crippen LogP contribution in [-0.2, 0) is 19.5 Å². The lowest BCUT2D eigenvalue weighted by Crippen LogP contribution is -2.38. The summed E-state index contributed by atoms with van der Waals surface area (Å²) in [4.78, 5) is 7.07. The number of hydrogen-bond acceptors (Lipinski definition) is 4. The zero-order valence-corrected chi connectivity index (χ0v) is 15.6. The molecule has 0 radical (unpaired) electrons. The van der Waals surface area contributed by atoms with E-state index in [0.29, 0.717) is 18.9 Å². The third-order valence-corrected chi connectivity index (χ3v) is 5.31. The van der Waals surface area contributed by atoms with Crippen molar-refractivity contribution >= 4 is 0 Å². The van der Waals surface area contributed by atoms with Gasteiger partial charge in [0, 0.05) is 31.4 Å². The van der Waals surface area contributed by atoms with Gasteiger partial charge in [0.2, 0.25) is 5.89 Å². The Morgan fingerprint density at radius 2 is 1.68 bits per heavy atom. The van der Waals surface area contributed by atoms with Gasteiger partial charge in [0.05, 0.1) is 12.6 Å². The van der Waals surface area contributed by atoms with Crippen molar-refractivity contribution in [2.75, 3.05) is 6.54 Å². The van der Waals surface area contributed by atoms with Crippen LogP contribution in [0.1, 0.15) is 34.6 Å². The molecule has 140 valence electrons. The van der Waals surface area contributed by atoms with E-state index in [0.717, 1.165) is 18.9 Å². The summed E-state index contributed by atoms with van der Waals surface area (Å²) in [6.45, 7) is 2.56. The number of rotatable bonds is 5. The maximum absolute atomic E-state index is 5.58. The van der Waals surface area contributed by atoms with E-state index in [-0.39, 0.29) is 6.04 Å². The van der Waals surface area contributed by atoms with Gasteiger partial charge < -0.3 is 9.09 Å². The van der Waals surface area contributed by atoms with Crippen molar-refractivity contribution < 1.29 is 4.52 Å². The van der Waals surface area contributed by atoms with Gasteiger partial charge in [-0.1, -0.05) is 65.8 Å². The van der Waals surface area contributed by atoms with Gasteiger partial charge in [0.25, 0.3) is 0 Å². The largest absolute Gasteiger partial charge is 0.348 e. The Morgan fingerprint density at radius 3 is 2.50 bits per heavy atom. The van der Waals surface area contributed by atoms with Crippen LogP contribution in [0, 0.1) is 0 Å². The first-order valence-corrected chi connectivity index (χ1v) is 9.66. The highest BCUT2D eigenvalue weighted by Gasteiger charge is 2.29. The summed E-state index contributed by atoms with van der Waals surface area (Å²) in [7, 11) is 0. The molecule has 0 aliphatic carbocycles. The first-order chi connectivity index (χ1) is 13.9. The van der Waals surface area contributed by atoms with Crippen molar-refractivity contribution in [3.8, 4) is 0 Å². The lowest BCUT2D eigenvalue weighted by molar-refractivity contribution is 0.154. The molecule has 4 aromatic rings. The molecule has 5 heteroatoms. The average Bonchev–Trinajstić information content (AvgIpc) is 3.39. The fraction of sp³-hybridized carbons (Fsp3) is 0.217. The van der Waals surface area contributed by atoms with Gasteiger partial charge in [0.1, 0.15) is 0 Å². The fourth-order valence-corrected chi connectivity index (χ4v) is 4.00. The highest BCUT2D eigenvalue weighted by atomic mass is 16.5. The minimum absolute atomic E-state index is 0.189. The minimum atomic E-state index is 0.189. The third-order valence-electron chi connectivity index (χ3n) is 5.31. The third kappa shape index (κ3) is 3.37. The predicted molar refractivity (Wildman–Crippen MR) is 107 cm³/mol. The molecule has 5 nitrogen and oxygen atoms in total. The van der Waals surface area contributed by atoms with Gasteiger partial charge in [0.15, 0.2) is 5.82 Å². The highest BCUT2D eigenvalue weighted by Crippen LogP contribution is 2.33. The number of fused-ring (bicyclic) bond motifs is 1. The summed E-state index contributed by atoms with van der Waals surface area (Å²) >= 11 is 0. The van der Waals surface area contributed by atoms with Crippen molar-refractivity contribution in [3.05, 3.63) is 108 Å². The second kappa shape index (κ2) is 7.44. The highest BCUT2D eigenvalue weighted by molar-refractivity contribution is 5.30. The first kappa shape index (κ1) is 17.0. The van der Waals surface area contributed by atoms with Gasteiger partial charge in [-0.05, 0) is 23.3 Å². The Balaban J connectivity index is 1.38. The summed E-state index contributed by atoms with van der Waals surface area (Å²) in [6.07, 6.45) is 2.85. The molecule has 1 aliphatic heterocycles. The van der Waals surface area contributed by atoms with Crippen LogP contribution in [0.2, 0.25) is 0 Å². The molecular weight excluding hydrogens is 348 g/mol. The van der Waals surface area contributed by atoms with Gasteiger partial charge in [-0.15, -0.1) is 0 Å². The maximum Gasteiger partial charge on any atom is 0.240 e. The van der Waals surface area contributed by atoms with E-state index in [1.54, 1.807) is 0 Å². The lowest BCUT2D eigenvalue weighted by atomic mass is 10.00. The summed E-state index contributed by atoms with van der Waals surface area (Å²) in [5.41, 5.74) is 3.78. The molecule has 0 N–H and O–H groups in total. The van der Waals surface area contributed by atoms with Crippen LogP contribution in [0.4, 0.5) is 0 Å². The summed E-state index contributed by atoms with van der Waals surface area (Å²) in [5.74, 6) is 1.41. The lowest BCUT2D eigenvalue weighted by Gasteiger charge is -2.36. The monoisotopic (exact) mass is 370 g/mol. The Labute approximate surface area is 164 Å². The number of hydrogen-bond donors (Lipinski definition) is 0. The topological polar surface area (TPSA) is 47.1 Å². The molecule has 28 heavy (non-hydrogen) atoms. The van der Waals surface area contributed by atoms with Crippen molar-refractivity contribution in [1.29, 1.82) is 0 Å². The Kier molecular flexibility index (Phi) is 4.51. The Bertz CT molecular complexity index is 1040. The predicted octanol–water partition coefficient (Wildman–Crippen LogP) is 4.07. The average molecular weight is 370 g/mol. The summed E-state index contributed by atoms with van der Waals surface area (Å²) in [6, 6.07) is 25.4. The van der Waals surface area contributed by atoms with Crippen LogP contribution < -0.4 is 0 Å². The normalized spacial score (nSPS) is 16.8. The van der Waals surface area contributed by atoms with Gasteiger partial charge in [-0.2, -0.15) is 4.98 Å². The number of aromatic nitrogens is 3. The second-order valence-corrected chi connectivity index (χ2v) is 7.18. The van der Waals surface area contributed by atoms with Crippen molar-refractivity contribution in [2.24, 2.45) is 0 Å². The Hall–Kier alpha value is -3.18. The van der Waals surface area contributed by atoms with Crippen molar-refractivity contribution in [1.82, 2.24) is 19.6 Å². The van der Waals surface area contributed by atoms with Crippen LogP contribution in [-0.4, -0.2) is 26.2 Å². The minimum Gasteiger partial charge on any atom is -0.348 e. The van der Waals surface area contributed by atoms with Gasteiger partial charge in [-0.3, -0.25) is 4.90 Å². The second-order valence-electron chi connectivity index (χ2n) is 7.18. The van der Waals surface area contributed by atoms with Crippen LogP contribution in [0.15, 0.2) is 83.5 Å². The van der Waals surface area contributed by atoms with E-state index in [4.69, 9.17) is 4.52 Å². The van der Waals surface area contributed by atoms with Crippen LogP contribution in [0.25, 0.3) is 0 Å². The SMILES string of the molecule is c1ccc(Cc2noc(CN3CCn4cccc4C3c3ccccc3)n2)cc1. The van der Waals surface area contributed by atoms with Gasteiger partial charge in [-0.25, -0.2) is 0 Å². The molecular formula is C23H22N4O. The molecule has 0 spiro atoms. The van der Waals surface area contributed by atoms with Crippen molar-refractivity contribution in [2.45, 2.75) is 25.6 Å². The van der Waals surface area contributed by atoms with Crippen LogP contribution in [0.5, 0.6) is 0 Å². The molecule has 1 unspecified atom stereocenters. The molecule has 0 amide bonds. The van der Waals surface area contributed by atoms with E-state index < -0.39 is 0 Å². The zero-order chi connectivity index (χ0) is 18.8. The van der Waals surface area contributed by atoms with Crippen molar-refractivity contribution in [3.63, 3.8) is 0 Å². The Morgan fingerprint density at radius 1 is 0.893 bits per heavy atom. The van der Waals surface area contributed by atoms with E-state index in [2.05, 4.69) is 80.4 Å². The molecule has 1 atom stereocenters. The molecule has 2 aromatic carbocycles. The van der Waals surface area contributed by atoms with E-state index >= 15 is 0 Å². The summed E-state index contributed by atoms with van der Waals surface area (Å²) < 4.78 is 7.92. The van der Waals surface area contributed by atoms with Crippen LogP contribution in [0.3, 0.4) is 0 Å². The van der Waals surface area contributed by atoms with E-state index in [1.165, 1.54) is 16.8 Å². The maximum atomic E-state index is 5.58. The molecule has 0 saturated heterocycles. The quantitative estimate of drug-likeness (QED) is 0.531. The van der Waals surface area contributed by atoms with Crippen LogP contribution >= 0.6 is 0 Å². The number of nitrogens with zero attached hydrogens (tertiary/aromatic N) is 4.